The average molecular weight is 481 g/mol. The van der Waals surface area contributed by atoms with Gasteiger partial charge < -0.3 is 20.3 Å². The molecule has 7 heteroatoms. The van der Waals surface area contributed by atoms with Crippen LogP contribution in [0.2, 0.25) is 0 Å². The van der Waals surface area contributed by atoms with Crippen molar-refractivity contribution in [1.29, 1.82) is 0 Å². The van der Waals surface area contributed by atoms with Crippen LogP contribution < -0.4 is 20.3 Å². The third kappa shape index (κ3) is 6.27. The van der Waals surface area contributed by atoms with E-state index in [0.717, 1.165) is 37.6 Å². The lowest BCUT2D eigenvalue weighted by Crippen LogP contribution is -2.44. The Morgan fingerprint density at radius 3 is 2.85 bits per heavy atom. The summed E-state index contributed by atoms with van der Waals surface area (Å²) in [5.41, 5.74) is 2.36. The van der Waals surface area contributed by atoms with Crippen LogP contribution in [0.25, 0.3) is 0 Å². The number of rotatable bonds is 6. The lowest BCUT2D eigenvalue weighted by atomic mass is 10.2. The molecule has 2 heterocycles. The van der Waals surface area contributed by atoms with E-state index >= 15 is 0 Å². The Bertz CT molecular complexity index is 725. The molecule has 1 atom stereocenters. The number of hydrogen-bond donors (Lipinski definition) is 2. The third-order valence-corrected chi connectivity index (χ3v) is 4.42. The maximum atomic E-state index is 5.17. The molecule has 1 fully saturated rings. The summed E-state index contributed by atoms with van der Waals surface area (Å²) in [6.45, 7) is 5.54. The predicted octanol–water partition coefficient (Wildman–Crippen LogP) is 3.04. The molecule has 27 heavy (non-hydrogen) atoms. The van der Waals surface area contributed by atoms with E-state index in [-0.39, 0.29) is 24.0 Å². The number of benzene rings is 1. The molecule has 0 aliphatic carbocycles. The Morgan fingerprint density at radius 1 is 1.30 bits per heavy atom. The number of aromatic nitrogens is 1. The molecule has 1 aromatic heterocycles. The van der Waals surface area contributed by atoms with Crippen LogP contribution in [0.1, 0.15) is 18.9 Å². The van der Waals surface area contributed by atoms with Gasteiger partial charge in [-0.3, -0.25) is 0 Å². The van der Waals surface area contributed by atoms with Crippen LogP contribution in [-0.4, -0.2) is 43.7 Å². The Balaban J connectivity index is 0.00000261. The van der Waals surface area contributed by atoms with E-state index in [0.29, 0.717) is 18.5 Å². The van der Waals surface area contributed by atoms with Crippen LogP contribution in [0.5, 0.6) is 5.88 Å². The molecular formula is C20H28IN5O. The van der Waals surface area contributed by atoms with E-state index < -0.39 is 0 Å². The van der Waals surface area contributed by atoms with Crippen molar-refractivity contribution in [1.82, 2.24) is 15.6 Å². The smallest absolute Gasteiger partial charge is 0.213 e. The fourth-order valence-electron chi connectivity index (χ4n) is 3.10. The first-order valence-corrected chi connectivity index (χ1v) is 9.12. The molecule has 3 rings (SSSR count). The van der Waals surface area contributed by atoms with Crippen molar-refractivity contribution in [2.75, 3.05) is 31.6 Å². The quantitative estimate of drug-likeness (QED) is 0.378. The molecule has 1 aliphatic rings. The molecule has 0 bridgehead atoms. The van der Waals surface area contributed by atoms with Gasteiger partial charge >= 0.3 is 0 Å². The number of ether oxygens (including phenoxy) is 1. The molecule has 0 radical (unpaired) electrons. The van der Waals surface area contributed by atoms with E-state index in [2.05, 4.69) is 57.8 Å². The fourth-order valence-corrected chi connectivity index (χ4v) is 3.10. The number of halogens is 1. The van der Waals surface area contributed by atoms with E-state index in [1.165, 1.54) is 5.69 Å². The molecule has 1 unspecified atom stereocenters. The molecule has 2 N–H and O–H groups in total. The first-order chi connectivity index (χ1) is 12.8. The summed E-state index contributed by atoms with van der Waals surface area (Å²) < 4.78 is 5.17. The van der Waals surface area contributed by atoms with Gasteiger partial charge in [0.1, 0.15) is 0 Å². The molecular weight excluding hydrogens is 453 g/mol. The van der Waals surface area contributed by atoms with Crippen LogP contribution in [0.4, 0.5) is 5.69 Å². The minimum Gasteiger partial charge on any atom is -0.481 e. The standard InChI is InChI=1S/C20H27N5O.HI/c1-3-21-20(23-14-16-9-11-22-19(13-16)26-2)24-17-10-12-25(15-17)18-7-5-4-6-8-18;/h4-9,11,13,17H,3,10,12,14-15H2,1-2H3,(H2,21,23,24);1H. The second-order valence-electron chi connectivity index (χ2n) is 6.31. The second kappa shape index (κ2) is 11.0. The van der Waals surface area contributed by atoms with Crippen molar-refractivity contribution in [3.05, 3.63) is 54.2 Å². The van der Waals surface area contributed by atoms with Gasteiger partial charge in [-0.25, -0.2) is 9.98 Å². The number of hydrogen-bond acceptors (Lipinski definition) is 4. The minimum atomic E-state index is 0. The van der Waals surface area contributed by atoms with Gasteiger partial charge in [0.25, 0.3) is 0 Å². The highest BCUT2D eigenvalue weighted by atomic mass is 127. The topological polar surface area (TPSA) is 61.8 Å². The molecule has 1 saturated heterocycles. The molecule has 6 nitrogen and oxygen atoms in total. The monoisotopic (exact) mass is 481 g/mol. The lowest BCUT2D eigenvalue weighted by molar-refractivity contribution is 0.397. The summed E-state index contributed by atoms with van der Waals surface area (Å²) in [7, 11) is 1.62. The van der Waals surface area contributed by atoms with Gasteiger partial charge in [0.05, 0.1) is 13.7 Å². The first-order valence-electron chi connectivity index (χ1n) is 9.12. The van der Waals surface area contributed by atoms with Gasteiger partial charge in [-0.1, -0.05) is 18.2 Å². The van der Waals surface area contributed by atoms with Crippen molar-refractivity contribution in [2.24, 2.45) is 4.99 Å². The van der Waals surface area contributed by atoms with Crippen molar-refractivity contribution >= 4 is 35.6 Å². The van der Waals surface area contributed by atoms with Gasteiger partial charge in [-0.2, -0.15) is 0 Å². The van der Waals surface area contributed by atoms with Crippen molar-refractivity contribution in [3.63, 3.8) is 0 Å². The molecule has 146 valence electrons. The number of nitrogens with one attached hydrogen (secondary N) is 2. The second-order valence-corrected chi connectivity index (χ2v) is 6.31. The van der Waals surface area contributed by atoms with E-state index in [1.807, 2.05) is 12.1 Å². The Morgan fingerprint density at radius 2 is 2.11 bits per heavy atom. The Hall–Kier alpha value is -2.03. The summed E-state index contributed by atoms with van der Waals surface area (Å²) in [5.74, 6) is 1.47. The van der Waals surface area contributed by atoms with Crippen LogP contribution in [-0.2, 0) is 6.54 Å². The Labute approximate surface area is 178 Å². The summed E-state index contributed by atoms with van der Waals surface area (Å²) in [5, 5.41) is 6.90. The largest absolute Gasteiger partial charge is 0.481 e. The zero-order valence-electron chi connectivity index (χ0n) is 15.9. The summed E-state index contributed by atoms with van der Waals surface area (Å²) in [6, 6.07) is 14.8. The van der Waals surface area contributed by atoms with E-state index in [4.69, 9.17) is 9.73 Å². The highest BCUT2D eigenvalue weighted by Gasteiger charge is 2.23. The fraction of sp³-hybridized carbons (Fsp3) is 0.400. The zero-order valence-corrected chi connectivity index (χ0v) is 18.2. The summed E-state index contributed by atoms with van der Waals surface area (Å²) in [6.07, 6.45) is 2.85. The molecule has 0 amide bonds. The number of para-hydroxylation sites is 1. The molecule has 1 aromatic carbocycles. The number of pyridine rings is 1. The van der Waals surface area contributed by atoms with Crippen LogP contribution in [0.3, 0.4) is 0 Å². The normalized spacial score (nSPS) is 16.6. The maximum Gasteiger partial charge on any atom is 0.213 e. The highest BCUT2D eigenvalue weighted by molar-refractivity contribution is 14.0. The SMILES string of the molecule is CCNC(=NCc1ccnc(OC)c1)NC1CCN(c2ccccc2)C1.I. The third-order valence-electron chi connectivity index (χ3n) is 4.42. The molecule has 0 spiro atoms. The van der Waals surface area contributed by atoms with Crippen molar-refractivity contribution in [3.8, 4) is 5.88 Å². The molecule has 2 aromatic rings. The molecule has 0 saturated carbocycles. The van der Waals surface area contributed by atoms with Gasteiger partial charge in [-0.05, 0) is 37.1 Å². The minimum absolute atomic E-state index is 0. The van der Waals surface area contributed by atoms with Crippen LogP contribution >= 0.6 is 24.0 Å². The number of anilines is 1. The van der Waals surface area contributed by atoms with Crippen molar-refractivity contribution in [2.45, 2.75) is 25.9 Å². The van der Waals surface area contributed by atoms with Gasteiger partial charge in [0, 0.05) is 43.6 Å². The first kappa shape index (κ1) is 21.3. The van der Waals surface area contributed by atoms with Crippen LogP contribution in [0.15, 0.2) is 53.7 Å². The van der Waals surface area contributed by atoms with Crippen molar-refractivity contribution < 1.29 is 4.74 Å². The van der Waals surface area contributed by atoms with Gasteiger partial charge in [0.15, 0.2) is 5.96 Å². The lowest BCUT2D eigenvalue weighted by Gasteiger charge is -2.20. The summed E-state index contributed by atoms with van der Waals surface area (Å²) in [4.78, 5) is 11.3. The predicted molar refractivity (Wildman–Crippen MR) is 121 cm³/mol. The average Bonchev–Trinajstić information content (AvgIpc) is 3.16. The van der Waals surface area contributed by atoms with E-state index in [9.17, 15) is 0 Å². The number of guanidine groups is 1. The highest BCUT2D eigenvalue weighted by Crippen LogP contribution is 2.19. The van der Waals surface area contributed by atoms with E-state index in [1.54, 1.807) is 13.3 Å². The van der Waals surface area contributed by atoms with Crippen LogP contribution in [0, 0.1) is 0 Å². The van der Waals surface area contributed by atoms with Gasteiger partial charge in [-0.15, -0.1) is 24.0 Å². The number of methoxy groups -OCH3 is 1. The Kier molecular flexibility index (Phi) is 8.63. The van der Waals surface area contributed by atoms with Gasteiger partial charge in [0.2, 0.25) is 5.88 Å². The maximum absolute atomic E-state index is 5.17. The summed E-state index contributed by atoms with van der Waals surface area (Å²) >= 11 is 0. The number of nitrogens with zero attached hydrogens (tertiary/aromatic N) is 3. The molecule has 1 aliphatic heterocycles. The zero-order chi connectivity index (χ0) is 18.2. The number of aliphatic imine (C=N–C) groups is 1.